The highest BCUT2D eigenvalue weighted by Gasteiger charge is 2.26. The number of nitrogens with one attached hydrogen (secondary N) is 1. The Kier molecular flexibility index (Phi) is 5.22. The molecule has 10 nitrogen and oxygen atoms in total. The molecule has 2 amide bonds. The Bertz CT molecular complexity index is 1050. The summed E-state index contributed by atoms with van der Waals surface area (Å²) in [6.07, 6.45) is 0.963. The van der Waals surface area contributed by atoms with Crippen molar-refractivity contribution in [3.63, 3.8) is 0 Å². The molecule has 1 fully saturated rings. The third-order valence-electron chi connectivity index (χ3n) is 4.59. The number of carbonyl (C=O) groups excluding carboxylic acids is 2. The fraction of sp³-hybridized carbons (Fsp3) is 0.222. The van der Waals surface area contributed by atoms with Gasteiger partial charge in [-0.2, -0.15) is 0 Å². The molecule has 0 aliphatic carbocycles. The maximum atomic E-state index is 14.4. The zero-order chi connectivity index (χ0) is 21.3. The van der Waals surface area contributed by atoms with E-state index in [0.717, 1.165) is 18.2 Å². The van der Waals surface area contributed by atoms with Crippen LogP contribution >= 0.6 is 0 Å². The minimum absolute atomic E-state index is 0.0384. The molecule has 2 aromatic rings. The van der Waals surface area contributed by atoms with Crippen molar-refractivity contribution in [2.75, 3.05) is 16.8 Å². The minimum Gasteiger partial charge on any atom is -0.322 e. The summed E-state index contributed by atoms with van der Waals surface area (Å²) >= 11 is 0. The van der Waals surface area contributed by atoms with Crippen molar-refractivity contribution in [1.82, 2.24) is 0 Å². The van der Waals surface area contributed by atoms with Gasteiger partial charge in [-0.25, -0.2) is 4.39 Å². The van der Waals surface area contributed by atoms with E-state index in [0.29, 0.717) is 19.4 Å². The lowest BCUT2D eigenvalue weighted by Crippen LogP contribution is -2.24. The van der Waals surface area contributed by atoms with E-state index >= 15 is 0 Å². The summed E-state index contributed by atoms with van der Waals surface area (Å²) < 4.78 is 14.4. The lowest BCUT2D eigenvalue weighted by atomic mass is 10.0. The van der Waals surface area contributed by atoms with E-state index < -0.39 is 32.9 Å². The molecule has 0 aromatic heterocycles. The molecule has 29 heavy (non-hydrogen) atoms. The summed E-state index contributed by atoms with van der Waals surface area (Å²) in [4.78, 5) is 46.1. The van der Waals surface area contributed by atoms with Gasteiger partial charge in [0.1, 0.15) is 5.82 Å². The van der Waals surface area contributed by atoms with Gasteiger partial charge in [0.25, 0.3) is 17.3 Å². The van der Waals surface area contributed by atoms with Gasteiger partial charge in [0.15, 0.2) is 0 Å². The summed E-state index contributed by atoms with van der Waals surface area (Å²) in [5.74, 6) is -1.78. The Balaban J connectivity index is 1.90. The van der Waals surface area contributed by atoms with Crippen molar-refractivity contribution >= 4 is 34.6 Å². The highest BCUT2D eigenvalue weighted by atomic mass is 19.1. The lowest BCUT2D eigenvalue weighted by molar-refractivity contribution is -0.394. The number of non-ortho nitro benzene ring substituents is 1. The quantitative estimate of drug-likeness (QED) is 0.602. The molecular formula is C18H15FN4O6. The largest absolute Gasteiger partial charge is 0.322 e. The molecule has 1 saturated heterocycles. The third-order valence-corrected chi connectivity index (χ3v) is 4.59. The van der Waals surface area contributed by atoms with Crippen LogP contribution in [0.15, 0.2) is 30.3 Å². The molecule has 0 bridgehead atoms. The average molecular weight is 402 g/mol. The fourth-order valence-corrected chi connectivity index (χ4v) is 3.12. The second-order valence-corrected chi connectivity index (χ2v) is 6.42. The number of halogens is 1. The van der Waals surface area contributed by atoms with Crippen molar-refractivity contribution in [2.24, 2.45) is 0 Å². The van der Waals surface area contributed by atoms with E-state index in [2.05, 4.69) is 5.32 Å². The van der Waals surface area contributed by atoms with Crippen molar-refractivity contribution in [3.05, 3.63) is 67.5 Å². The van der Waals surface area contributed by atoms with Crippen LogP contribution in [0, 0.1) is 33.0 Å². The van der Waals surface area contributed by atoms with Crippen molar-refractivity contribution < 1.29 is 23.8 Å². The van der Waals surface area contributed by atoms with Crippen LogP contribution in [0.3, 0.4) is 0 Å². The Labute approximate surface area is 163 Å². The molecule has 0 spiro atoms. The molecule has 0 atom stereocenters. The van der Waals surface area contributed by atoms with Gasteiger partial charge in [0, 0.05) is 30.3 Å². The molecule has 1 aliphatic heterocycles. The first-order valence-corrected chi connectivity index (χ1v) is 8.53. The van der Waals surface area contributed by atoms with E-state index in [1.807, 2.05) is 0 Å². The predicted octanol–water partition coefficient (Wildman–Crippen LogP) is 3.33. The van der Waals surface area contributed by atoms with E-state index in [9.17, 15) is 34.2 Å². The SMILES string of the molecule is Cc1c(C(=O)Nc2ccc(N3CCCC3=O)c(F)c2)cc([N+](=O)[O-])cc1[N+](=O)[O-]. The van der Waals surface area contributed by atoms with E-state index in [4.69, 9.17) is 0 Å². The number of carbonyl (C=O) groups is 2. The number of nitrogens with zero attached hydrogens (tertiary/aromatic N) is 3. The molecule has 3 rings (SSSR count). The highest BCUT2D eigenvalue weighted by Crippen LogP contribution is 2.30. The first-order chi connectivity index (χ1) is 13.7. The first kappa shape index (κ1) is 19.9. The van der Waals surface area contributed by atoms with E-state index in [1.54, 1.807) is 0 Å². The van der Waals surface area contributed by atoms with Gasteiger partial charge in [-0.1, -0.05) is 0 Å². The minimum atomic E-state index is -0.862. The number of rotatable bonds is 5. The van der Waals surface area contributed by atoms with Crippen LogP contribution in [-0.2, 0) is 4.79 Å². The van der Waals surface area contributed by atoms with Gasteiger partial charge in [-0.15, -0.1) is 0 Å². The van der Waals surface area contributed by atoms with Gasteiger partial charge in [0.2, 0.25) is 5.91 Å². The summed E-state index contributed by atoms with van der Waals surface area (Å²) in [6.45, 7) is 1.69. The van der Waals surface area contributed by atoms with Crippen LogP contribution in [0.4, 0.5) is 27.1 Å². The van der Waals surface area contributed by atoms with Crippen molar-refractivity contribution in [1.29, 1.82) is 0 Å². The van der Waals surface area contributed by atoms with E-state index in [-0.39, 0.29) is 28.4 Å². The average Bonchev–Trinajstić information content (AvgIpc) is 3.07. The monoisotopic (exact) mass is 402 g/mol. The molecule has 2 aromatic carbocycles. The number of anilines is 2. The second-order valence-electron chi connectivity index (χ2n) is 6.42. The fourth-order valence-electron chi connectivity index (χ4n) is 3.12. The topological polar surface area (TPSA) is 136 Å². The molecule has 1 aliphatic rings. The maximum absolute atomic E-state index is 14.4. The van der Waals surface area contributed by atoms with E-state index in [1.165, 1.54) is 24.0 Å². The van der Waals surface area contributed by atoms with Crippen LogP contribution < -0.4 is 10.2 Å². The van der Waals surface area contributed by atoms with Gasteiger partial charge >= 0.3 is 0 Å². The van der Waals surface area contributed by atoms with Gasteiger partial charge in [0.05, 0.1) is 27.2 Å². The number of nitro benzene ring substituents is 2. The Morgan fingerprint density at radius 3 is 2.45 bits per heavy atom. The second kappa shape index (κ2) is 7.62. The molecule has 1 heterocycles. The van der Waals surface area contributed by atoms with Crippen molar-refractivity contribution in [3.8, 4) is 0 Å². The number of benzene rings is 2. The smallest absolute Gasteiger partial charge is 0.279 e. The zero-order valence-corrected chi connectivity index (χ0v) is 15.2. The van der Waals surface area contributed by atoms with Crippen LogP contribution in [0.25, 0.3) is 0 Å². The van der Waals surface area contributed by atoms with Crippen LogP contribution in [-0.4, -0.2) is 28.2 Å². The number of hydrogen-bond acceptors (Lipinski definition) is 6. The molecular weight excluding hydrogens is 387 g/mol. The van der Waals surface area contributed by atoms with Gasteiger partial charge in [-0.3, -0.25) is 29.8 Å². The molecule has 1 N–H and O–H groups in total. The highest BCUT2D eigenvalue weighted by molar-refractivity contribution is 6.06. The Morgan fingerprint density at radius 2 is 1.90 bits per heavy atom. The number of hydrogen-bond donors (Lipinski definition) is 1. The standard InChI is InChI=1S/C18H15FN4O6/c1-10-13(8-12(22(26)27)9-16(10)23(28)29)18(25)20-11-4-5-15(14(19)7-11)21-6-2-3-17(21)24/h4-5,7-9H,2-3,6H2,1H3,(H,20,25). The van der Waals surface area contributed by atoms with Crippen LogP contribution in [0.5, 0.6) is 0 Å². The number of amides is 2. The van der Waals surface area contributed by atoms with Crippen LogP contribution in [0.2, 0.25) is 0 Å². The Hall–Kier alpha value is -3.89. The zero-order valence-electron chi connectivity index (χ0n) is 15.2. The summed E-state index contributed by atoms with van der Waals surface area (Å²) in [5, 5.41) is 24.5. The Morgan fingerprint density at radius 1 is 1.17 bits per heavy atom. The maximum Gasteiger partial charge on any atom is 0.279 e. The van der Waals surface area contributed by atoms with Crippen molar-refractivity contribution in [2.45, 2.75) is 19.8 Å². The predicted molar refractivity (Wildman–Crippen MR) is 100 cm³/mol. The molecule has 150 valence electrons. The first-order valence-electron chi connectivity index (χ1n) is 8.53. The molecule has 11 heteroatoms. The molecule has 0 unspecified atom stereocenters. The third kappa shape index (κ3) is 3.88. The molecule has 0 saturated carbocycles. The van der Waals surface area contributed by atoms with Gasteiger partial charge in [-0.05, 0) is 31.5 Å². The number of nitro groups is 2. The summed E-state index contributed by atoms with van der Waals surface area (Å²) in [5.41, 5.74) is -1.38. The summed E-state index contributed by atoms with van der Waals surface area (Å²) in [7, 11) is 0. The van der Waals surface area contributed by atoms with Gasteiger partial charge < -0.3 is 10.2 Å². The molecule has 0 radical (unpaired) electrons. The summed E-state index contributed by atoms with van der Waals surface area (Å²) in [6, 6.07) is 5.43. The van der Waals surface area contributed by atoms with Crippen LogP contribution in [0.1, 0.15) is 28.8 Å². The normalized spacial score (nSPS) is 13.4. The lowest BCUT2D eigenvalue weighted by Gasteiger charge is -2.17.